The van der Waals surface area contributed by atoms with Gasteiger partial charge in [-0.3, -0.25) is 9.68 Å². The monoisotopic (exact) mass is 452 g/mol. The van der Waals surface area contributed by atoms with Crippen molar-refractivity contribution in [3.8, 4) is 0 Å². The van der Waals surface area contributed by atoms with Crippen LogP contribution in [-0.2, 0) is 9.68 Å². The van der Waals surface area contributed by atoms with Crippen LogP contribution in [0.3, 0.4) is 0 Å². The van der Waals surface area contributed by atoms with Crippen molar-refractivity contribution in [1.82, 2.24) is 0 Å². The van der Waals surface area contributed by atoms with Crippen LogP contribution in [0, 0.1) is 72.5 Å². The van der Waals surface area contributed by atoms with E-state index in [0.29, 0.717) is 23.2 Å². The number of rotatable bonds is 7. The summed E-state index contributed by atoms with van der Waals surface area (Å²) in [5.74, 6) is 2.98. The Hall–Kier alpha value is -1.60. The minimum Gasteiger partial charge on any atom is -0.282 e. The van der Waals surface area contributed by atoms with E-state index in [0.717, 1.165) is 24.7 Å². The lowest BCUT2D eigenvalue weighted by molar-refractivity contribution is -0.854. The van der Waals surface area contributed by atoms with Crippen molar-refractivity contribution >= 4 is 0 Å². The van der Waals surface area contributed by atoms with Crippen molar-refractivity contribution in [1.29, 1.82) is 0 Å². The molecular weight excluding hydrogens is 412 g/mol. The summed E-state index contributed by atoms with van der Waals surface area (Å²) in [4.78, 5) is 31.4. The van der Waals surface area contributed by atoms with E-state index in [4.69, 9.17) is 0 Å². The summed E-state index contributed by atoms with van der Waals surface area (Å²) in [5, 5.41) is 20.1. The zero-order valence-corrected chi connectivity index (χ0v) is 20.0. The largest absolute Gasteiger partial charge is 0.296 e. The third-order valence-electron chi connectivity index (χ3n) is 10.8. The summed E-state index contributed by atoms with van der Waals surface area (Å²) in [6, 6.07) is 0. The van der Waals surface area contributed by atoms with Crippen LogP contribution in [0.5, 0.6) is 0 Å². The van der Waals surface area contributed by atoms with Gasteiger partial charge in [0.2, 0.25) is 0 Å². The second-order valence-electron chi connectivity index (χ2n) is 11.7. The second-order valence-corrected chi connectivity index (χ2v) is 11.7. The quantitative estimate of drug-likeness (QED) is 0.264. The van der Waals surface area contributed by atoms with Crippen molar-refractivity contribution in [2.45, 2.75) is 98.2 Å². The molecule has 182 valence electrons. The Labute approximate surface area is 191 Å². The molecule has 0 saturated heterocycles. The maximum absolute atomic E-state index is 11.0. The third kappa shape index (κ3) is 3.75. The van der Waals surface area contributed by atoms with Crippen LogP contribution in [0.25, 0.3) is 0 Å². The highest BCUT2D eigenvalue weighted by Crippen LogP contribution is 2.69. The molecule has 4 fully saturated rings. The number of hydrogen-bond acceptors (Lipinski definition) is 6. The summed E-state index contributed by atoms with van der Waals surface area (Å²) in [6.07, 6.45) is 11.1. The average Bonchev–Trinajstić information content (AvgIpc) is 3.03. The van der Waals surface area contributed by atoms with Gasteiger partial charge in [0, 0.05) is 5.92 Å². The van der Waals surface area contributed by atoms with E-state index < -0.39 is 22.4 Å². The molecule has 0 aliphatic heterocycles. The van der Waals surface area contributed by atoms with Crippen LogP contribution >= 0.6 is 0 Å². The topological polar surface area (TPSA) is 105 Å². The minimum absolute atomic E-state index is 0.121. The molecule has 0 aromatic heterocycles. The first kappa shape index (κ1) is 23.6. The average molecular weight is 453 g/mol. The third-order valence-corrected chi connectivity index (χ3v) is 10.8. The molecule has 0 bridgehead atoms. The molecule has 0 aromatic carbocycles. The fourth-order valence-electron chi connectivity index (χ4n) is 9.43. The van der Waals surface area contributed by atoms with E-state index in [-0.39, 0.29) is 11.3 Å². The van der Waals surface area contributed by atoms with Crippen molar-refractivity contribution in [2.75, 3.05) is 0 Å². The smallest absolute Gasteiger partial charge is 0.282 e. The Morgan fingerprint density at radius 2 is 1.62 bits per heavy atom. The molecule has 4 rings (SSSR count). The number of hydrogen-bond donors (Lipinski definition) is 0. The Balaban J connectivity index is 1.60. The minimum atomic E-state index is -1.47. The first-order valence-electron chi connectivity index (χ1n) is 12.7. The number of fused-ring (bicyclic) bond motifs is 5. The van der Waals surface area contributed by atoms with Crippen LogP contribution in [-0.4, -0.2) is 16.5 Å². The zero-order chi connectivity index (χ0) is 23.3. The Bertz CT molecular complexity index is 717. The normalized spacial score (nSPS) is 44.2. The van der Waals surface area contributed by atoms with E-state index in [1.807, 2.05) is 6.92 Å². The summed E-state index contributed by atoms with van der Waals surface area (Å²) in [6.45, 7) is 9.03. The molecule has 4 saturated carbocycles. The highest BCUT2D eigenvalue weighted by Gasteiger charge is 2.62. The molecule has 32 heavy (non-hydrogen) atoms. The van der Waals surface area contributed by atoms with Crippen LogP contribution in [0.15, 0.2) is 0 Å². The molecule has 9 atom stereocenters. The molecule has 4 aliphatic rings. The molecule has 0 heterocycles. The van der Waals surface area contributed by atoms with Crippen molar-refractivity contribution in [3.63, 3.8) is 0 Å². The lowest BCUT2D eigenvalue weighted by Gasteiger charge is -2.60. The molecular formula is C24H40N2O6. The van der Waals surface area contributed by atoms with E-state index in [9.17, 15) is 20.2 Å². The van der Waals surface area contributed by atoms with Gasteiger partial charge in [-0.05, 0) is 91.3 Å². The standard InChI is InChI=1S/C24H40N2O6/c1-5-19-18(15(2)22(31-25(27)28)32-26(29)30)14-21-17-10-9-16-8-6-7-12-23(16,3)20(17)11-13-24(19,21)4/h15-22H,5-14H2,1-4H3/t15?,16-,17-,18?,19-,20-,21-,23-,24+/m0/s1. The first-order chi connectivity index (χ1) is 15.1. The predicted molar refractivity (Wildman–Crippen MR) is 118 cm³/mol. The van der Waals surface area contributed by atoms with E-state index in [1.54, 1.807) is 0 Å². The Morgan fingerprint density at radius 1 is 0.938 bits per heavy atom. The summed E-state index contributed by atoms with van der Waals surface area (Å²) in [7, 11) is 0. The fourth-order valence-corrected chi connectivity index (χ4v) is 9.43. The van der Waals surface area contributed by atoms with Crippen molar-refractivity contribution < 1.29 is 19.8 Å². The lowest BCUT2D eigenvalue weighted by Crippen LogP contribution is -2.52. The van der Waals surface area contributed by atoms with Gasteiger partial charge in [0.1, 0.15) is 0 Å². The highest BCUT2D eigenvalue weighted by atomic mass is 17.0. The van der Waals surface area contributed by atoms with Gasteiger partial charge in [-0.2, -0.15) is 0 Å². The van der Waals surface area contributed by atoms with Gasteiger partial charge in [-0.15, -0.1) is 20.2 Å². The van der Waals surface area contributed by atoms with Gasteiger partial charge in [-0.25, -0.2) is 0 Å². The second kappa shape index (κ2) is 8.64. The van der Waals surface area contributed by atoms with Crippen LogP contribution in [0.4, 0.5) is 0 Å². The van der Waals surface area contributed by atoms with E-state index >= 15 is 0 Å². The zero-order valence-electron chi connectivity index (χ0n) is 20.0. The summed E-state index contributed by atoms with van der Waals surface area (Å²) >= 11 is 0. The van der Waals surface area contributed by atoms with Gasteiger partial charge in [-0.1, -0.05) is 47.0 Å². The van der Waals surface area contributed by atoms with Gasteiger partial charge in [0.05, 0.1) is 0 Å². The molecule has 0 radical (unpaired) electrons. The van der Waals surface area contributed by atoms with Gasteiger partial charge in [0.25, 0.3) is 16.5 Å². The van der Waals surface area contributed by atoms with Crippen molar-refractivity contribution in [3.05, 3.63) is 20.2 Å². The maximum Gasteiger partial charge on any atom is 0.296 e. The molecule has 0 spiro atoms. The maximum atomic E-state index is 11.0. The molecule has 8 heteroatoms. The molecule has 2 unspecified atom stereocenters. The van der Waals surface area contributed by atoms with Crippen LogP contribution < -0.4 is 0 Å². The number of nitrogens with zero attached hydrogens (tertiary/aromatic N) is 2. The molecule has 0 aromatic rings. The predicted octanol–water partition coefficient (Wildman–Crippen LogP) is 6.05. The Kier molecular flexibility index (Phi) is 6.36. The van der Waals surface area contributed by atoms with E-state index in [2.05, 4.69) is 30.4 Å². The molecule has 4 aliphatic carbocycles. The van der Waals surface area contributed by atoms with E-state index in [1.165, 1.54) is 51.4 Å². The molecule has 0 N–H and O–H groups in total. The first-order valence-corrected chi connectivity index (χ1v) is 12.7. The summed E-state index contributed by atoms with van der Waals surface area (Å²) < 4.78 is 0. The van der Waals surface area contributed by atoms with Crippen LogP contribution in [0.2, 0.25) is 0 Å². The molecule has 8 nitrogen and oxygen atoms in total. The van der Waals surface area contributed by atoms with Gasteiger partial charge < -0.3 is 0 Å². The van der Waals surface area contributed by atoms with Crippen LogP contribution in [0.1, 0.15) is 91.9 Å². The summed E-state index contributed by atoms with van der Waals surface area (Å²) in [5.41, 5.74) is 0.639. The SMILES string of the molecule is CC[C@H]1C(C(C)C(O[N+](=O)[O-])O[N+](=O)[O-])C[C@H]2[C@H]3CC[C@@H]4CCCC[C@]4(C)[C@H]3CC[C@]12C. The van der Waals surface area contributed by atoms with Crippen molar-refractivity contribution in [2.24, 2.45) is 52.3 Å². The highest BCUT2D eigenvalue weighted by molar-refractivity contribution is 5.10. The fraction of sp³-hybridized carbons (Fsp3) is 1.00. The van der Waals surface area contributed by atoms with Gasteiger partial charge in [0.15, 0.2) is 0 Å². The van der Waals surface area contributed by atoms with Gasteiger partial charge >= 0.3 is 0 Å². The molecule has 0 amide bonds. The lowest BCUT2D eigenvalue weighted by atomic mass is 9.45. The Morgan fingerprint density at radius 3 is 2.25 bits per heavy atom.